The third-order valence-electron chi connectivity index (χ3n) is 16.3. The van der Waals surface area contributed by atoms with E-state index < -0.39 is 0 Å². The van der Waals surface area contributed by atoms with Gasteiger partial charge in [0.15, 0.2) is 0 Å². The zero-order valence-electron chi connectivity index (χ0n) is 37.3. The average Bonchev–Trinajstić information content (AvgIpc) is 4.16. The largest absolute Gasteiger partial charge is 0.310 e. The van der Waals surface area contributed by atoms with E-state index in [1.165, 1.54) is 114 Å². The normalized spacial score (nSPS) is 19.8. The van der Waals surface area contributed by atoms with Gasteiger partial charge in [-0.25, -0.2) is 0 Å². The Morgan fingerprint density at radius 2 is 0.909 bits per heavy atom. The van der Waals surface area contributed by atoms with Gasteiger partial charge in [-0.1, -0.05) is 151 Å². The van der Waals surface area contributed by atoms with Crippen LogP contribution in [0.15, 0.2) is 206 Å². The van der Waals surface area contributed by atoms with Crippen molar-refractivity contribution < 1.29 is 0 Å². The molecule has 0 aromatic heterocycles. The van der Waals surface area contributed by atoms with Gasteiger partial charge in [-0.3, -0.25) is 0 Å². The molecule has 1 fully saturated rings. The maximum atomic E-state index is 2.62. The first-order valence-corrected chi connectivity index (χ1v) is 24.1. The van der Waals surface area contributed by atoms with Crippen LogP contribution in [-0.2, 0) is 24.7 Å². The number of nitrogens with zero attached hydrogens (tertiary/aromatic N) is 2. The van der Waals surface area contributed by atoms with Crippen molar-refractivity contribution in [1.82, 2.24) is 0 Å². The van der Waals surface area contributed by atoms with Crippen LogP contribution in [0.4, 0.5) is 34.1 Å². The molecule has 0 aliphatic heterocycles. The Kier molecular flexibility index (Phi) is 8.35. The van der Waals surface area contributed by atoms with Crippen molar-refractivity contribution in [1.29, 1.82) is 0 Å². The predicted molar refractivity (Wildman–Crippen MR) is 272 cm³/mol. The Balaban J connectivity index is 0.974. The molecule has 5 aliphatic carbocycles. The lowest BCUT2D eigenvalue weighted by Gasteiger charge is -2.40. The van der Waals surface area contributed by atoms with Crippen molar-refractivity contribution in [2.24, 2.45) is 11.8 Å². The minimum Gasteiger partial charge on any atom is -0.310 e. The van der Waals surface area contributed by atoms with Crippen LogP contribution in [0.3, 0.4) is 0 Å². The summed E-state index contributed by atoms with van der Waals surface area (Å²) in [6.45, 7) is 2.19. The zero-order chi connectivity index (χ0) is 43.5. The van der Waals surface area contributed by atoms with E-state index in [2.05, 4.69) is 223 Å². The molecule has 0 heterocycles. The molecule has 0 amide bonds. The van der Waals surface area contributed by atoms with Gasteiger partial charge >= 0.3 is 0 Å². The highest BCUT2D eigenvalue weighted by molar-refractivity contribution is 5.90. The second-order valence-electron chi connectivity index (χ2n) is 19.6. The lowest BCUT2D eigenvalue weighted by molar-refractivity contribution is 0.350. The van der Waals surface area contributed by atoms with Crippen LogP contribution in [0.25, 0.3) is 22.3 Å². The molecule has 9 aromatic carbocycles. The highest BCUT2D eigenvalue weighted by atomic mass is 15.2. The van der Waals surface area contributed by atoms with Crippen molar-refractivity contribution in [3.8, 4) is 22.3 Å². The van der Waals surface area contributed by atoms with E-state index in [1.807, 2.05) is 0 Å². The lowest BCUT2D eigenvalue weighted by atomic mass is 9.68. The summed E-state index contributed by atoms with van der Waals surface area (Å²) in [6.07, 6.45) is 5.67. The highest BCUT2D eigenvalue weighted by Crippen LogP contribution is 2.69. The van der Waals surface area contributed by atoms with Gasteiger partial charge in [0.05, 0.1) is 11.4 Å². The molecular weight excluding hydrogens is 797 g/mol. The van der Waals surface area contributed by atoms with E-state index >= 15 is 0 Å². The van der Waals surface area contributed by atoms with E-state index in [-0.39, 0.29) is 11.3 Å². The van der Waals surface area contributed by atoms with Crippen molar-refractivity contribution in [2.45, 2.75) is 50.4 Å². The van der Waals surface area contributed by atoms with E-state index in [1.54, 1.807) is 11.1 Å². The molecule has 0 saturated heterocycles. The van der Waals surface area contributed by atoms with Gasteiger partial charge in [0, 0.05) is 34.1 Å². The first-order chi connectivity index (χ1) is 32.6. The quantitative estimate of drug-likeness (QED) is 0.158. The first-order valence-electron chi connectivity index (χ1n) is 24.1. The second-order valence-corrected chi connectivity index (χ2v) is 19.6. The van der Waals surface area contributed by atoms with Gasteiger partial charge in [-0.2, -0.15) is 0 Å². The zero-order valence-corrected chi connectivity index (χ0v) is 37.3. The van der Waals surface area contributed by atoms with Crippen LogP contribution in [0.1, 0.15) is 74.4 Å². The van der Waals surface area contributed by atoms with Crippen LogP contribution < -0.4 is 9.80 Å². The number of anilines is 6. The third kappa shape index (κ3) is 5.42. The topological polar surface area (TPSA) is 6.48 Å². The number of hydrogen-bond acceptors (Lipinski definition) is 2. The summed E-state index contributed by atoms with van der Waals surface area (Å²) >= 11 is 0. The van der Waals surface area contributed by atoms with E-state index in [0.717, 1.165) is 19.3 Å². The van der Waals surface area contributed by atoms with Crippen LogP contribution >= 0.6 is 0 Å². The van der Waals surface area contributed by atoms with Gasteiger partial charge in [0.2, 0.25) is 0 Å². The molecule has 0 bridgehead atoms. The molecule has 2 nitrogen and oxygen atoms in total. The van der Waals surface area contributed by atoms with Crippen molar-refractivity contribution in [3.63, 3.8) is 0 Å². The average molecular weight is 847 g/mol. The Bertz CT molecular complexity index is 3380. The van der Waals surface area contributed by atoms with E-state index in [4.69, 9.17) is 0 Å². The molecule has 316 valence electrons. The minimum absolute atomic E-state index is 0.137. The summed E-state index contributed by atoms with van der Waals surface area (Å²) in [5.74, 6) is 1.21. The van der Waals surface area contributed by atoms with Crippen molar-refractivity contribution in [2.75, 3.05) is 9.80 Å². The first kappa shape index (κ1) is 37.9. The molecule has 66 heavy (non-hydrogen) atoms. The predicted octanol–water partition coefficient (Wildman–Crippen LogP) is 16.1. The smallest absolute Gasteiger partial charge is 0.0505 e. The Morgan fingerprint density at radius 3 is 1.56 bits per heavy atom. The van der Waals surface area contributed by atoms with E-state index in [9.17, 15) is 0 Å². The van der Waals surface area contributed by atoms with Crippen molar-refractivity contribution >= 4 is 34.1 Å². The fourth-order valence-corrected chi connectivity index (χ4v) is 13.8. The monoisotopic (exact) mass is 846 g/mol. The number of aryl methyl sites for hydroxylation is 1. The minimum atomic E-state index is -0.137. The Morgan fingerprint density at radius 1 is 0.394 bits per heavy atom. The maximum absolute atomic E-state index is 2.62. The van der Waals surface area contributed by atoms with Gasteiger partial charge in [0.25, 0.3) is 0 Å². The summed E-state index contributed by atoms with van der Waals surface area (Å²) in [7, 11) is 0. The van der Waals surface area contributed by atoms with Crippen molar-refractivity contribution in [3.05, 3.63) is 262 Å². The number of hydrogen-bond donors (Lipinski definition) is 0. The highest BCUT2D eigenvalue weighted by Gasteiger charge is 2.62. The summed E-state index contributed by atoms with van der Waals surface area (Å²) in [5.41, 5.74) is 27.1. The summed E-state index contributed by atoms with van der Waals surface area (Å²) in [5, 5.41) is 0. The van der Waals surface area contributed by atoms with Gasteiger partial charge in [-0.15, -0.1) is 0 Å². The molecule has 14 rings (SSSR count). The maximum Gasteiger partial charge on any atom is 0.0505 e. The Labute approximate surface area is 388 Å². The Hall–Kier alpha value is -7.42. The summed E-state index contributed by atoms with van der Waals surface area (Å²) < 4.78 is 0. The standard InChI is InChI=1S/C64H50N2/c1-41-26-28-42(29-27-41)61-57-23-11-10-22-55(57)56-35-33-52(40-58(56)61)66(50-19-6-3-7-20-50)60-25-13-16-45-38-48-31-30-47-37-44-15-12-24-59(62(44)64(47,48)63(45)60)65(49-17-4-2-5-18-49)51-32-34-54-46(39-51)36-43-14-8-9-21-53(43)54/h2-29,32-35,39-40,47-48,61H,30-31,36-38H2,1H3. The molecule has 0 N–H and O–H groups in total. The third-order valence-corrected chi connectivity index (χ3v) is 16.3. The SMILES string of the molecule is Cc1ccc(C2c3ccccc3-c3ccc(N(c4ccccc4)c4cccc5c4C46c7c(cccc7N(c7ccccc7)c7ccc8c(c7)Cc7ccccc7-8)CC4CCC6C5)cc32)cc1. The second kappa shape index (κ2) is 14.5. The molecule has 5 aliphatic rings. The number of rotatable bonds is 7. The van der Waals surface area contributed by atoms with Crippen LogP contribution in [0.5, 0.6) is 0 Å². The van der Waals surface area contributed by atoms with Crippen LogP contribution in [0.2, 0.25) is 0 Å². The van der Waals surface area contributed by atoms with E-state index in [0.29, 0.717) is 11.8 Å². The van der Waals surface area contributed by atoms with Gasteiger partial charge in [0.1, 0.15) is 0 Å². The molecule has 4 unspecified atom stereocenters. The molecule has 1 saturated carbocycles. The van der Waals surface area contributed by atoms with Gasteiger partial charge < -0.3 is 9.80 Å². The van der Waals surface area contributed by atoms with Gasteiger partial charge in [-0.05, 0) is 184 Å². The molecule has 1 spiro atoms. The summed E-state index contributed by atoms with van der Waals surface area (Å²) in [6, 6.07) is 78.7. The van der Waals surface area contributed by atoms with Crippen LogP contribution in [0, 0.1) is 18.8 Å². The molecule has 4 atom stereocenters. The molecule has 0 radical (unpaired) electrons. The molecular formula is C64H50N2. The number of para-hydroxylation sites is 2. The molecule has 9 aromatic rings. The number of fused-ring (bicyclic) bond motifs is 8. The summed E-state index contributed by atoms with van der Waals surface area (Å²) in [4.78, 5) is 5.22. The fraction of sp³-hybridized carbons (Fsp3) is 0.156. The molecule has 2 heteroatoms. The lowest BCUT2D eigenvalue weighted by Crippen LogP contribution is -2.34. The fourth-order valence-electron chi connectivity index (χ4n) is 13.8. The number of benzene rings is 9. The van der Waals surface area contributed by atoms with Crippen LogP contribution in [-0.4, -0.2) is 0 Å².